The third-order valence-corrected chi connectivity index (χ3v) is 3.89. The molecule has 1 saturated heterocycles. The molecule has 0 spiro atoms. The van der Waals surface area contributed by atoms with E-state index in [9.17, 15) is 0 Å². The lowest BCUT2D eigenvalue weighted by molar-refractivity contribution is 0.0551. The van der Waals surface area contributed by atoms with Gasteiger partial charge in [-0.15, -0.1) is 10.2 Å². The van der Waals surface area contributed by atoms with E-state index in [-0.39, 0.29) is 12.2 Å². The van der Waals surface area contributed by atoms with Crippen LogP contribution in [0.5, 0.6) is 0 Å². The van der Waals surface area contributed by atoms with E-state index in [0.29, 0.717) is 18.4 Å². The van der Waals surface area contributed by atoms with Crippen LogP contribution < -0.4 is 5.73 Å². The largest absolute Gasteiger partial charge is 0.374 e. The lowest BCUT2D eigenvalue weighted by atomic mass is 9.89. The van der Waals surface area contributed by atoms with Crippen molar-refractivity contribution in [2.75, 3.05) is 0 Å². The highest BCUT2D eigenvalue weighted by molar-refractivity contribution is 5.09. The van der Waals surface area contributed by atoms with E-state index in [1.807, 2.05) is 0 Å². The van der Waals surface area contributed by atoms with Crippen molar-refractivity contribution < 1.29 is 4.74 Å². The van der Waals surface area contributed by atoms with E-state index in [0.717, 1.165) is 18.2 Å². The minimum atomic E-state index is 0.195. The average molecular weight is 238 g/mol. The molecule has 17 heavy (non-hydrogen) atoms. The maximum Gasteiger partial charge on any atom is 0.146 e. The van der Waals surface area contributed by atoms with Gasteiger partial charge in [0.1, 0.15) is 11.6 Å². The number of rotatable bonds is 3. The van der Waals surface area contributed by atoms with E-state index in [4.69, 9.17) is 10.5 Å². The Balaban J connectivity index is 2.36. The summed E-state index contributed by atoms with van der Waals surface area (Å²) in [7, 11) is 0. The van der Waals surface area contributed by atoms with Crippen molar-refractivity contribution in [3.05, 3.63) is 11.6 Å². The molecular formula is C12H22N4O. The Bertz CT molecular complexity index is 390. The second-order valence-corrected chi connectivity index (χ2v) is 4.85. The van der Waals surface area contributed by atoms with E-state index >= 15 is 0 Å². The lowest BCUT2D eigenvalue weighted by Gasteiger charge is -2.18. The van der Waals surface area contributed by atoms with Crippen molar-refractivity contribution in [1.29, 1.82) is 0 Å². The molecule has 2 rings (SSSR count). The molecule has 0 aliphatic carbocycles. The highest BCUT2D eigenvalue weighted by Gasteiger charge is 2.40. The van der Waals surface area contributed by atoms with Gasteiger partial charge in [-0.1, -0.05) is 6.92 Å². The van der Waals surface area contributed by atoms with Gasteiger partial charge >= 0.3 is 0 Å². The molecule has 0 aromatic carbocycles. The molecule has 4 atom stereocenters. The van der Waals surface area contributed by atoms with Crippen molar-refractivity contribution in [3.63, 3.8) is 0 Å². The van der Waals surface area contributed by atoms with Gasteiger partial charge in [0.05, 0.1) is 24.7 Å². The summed E-state index contributed by atoms with van der Waals surface area (Å²) in [5.74, 6) is 2.67. The van der Waals surface area contributed by atoms with E-state index in [2.05, 4.69) is 42.5 Å². The minimum Gasteiger partial charge on any atom is -0.374 e. The summed E-state index contributed by atoms with van der Waals surface area (Å²) in [6.07, 6.45) is 0.471. The first-order valence-electron chi connectivity index (χ1n) is 6.37. The zero-order valence-corrected chi connectivity index (χ0v) is 11.1. The van der Waals surface area contributed by atoms with E-state index in [1.165, 1.54) is 0 Å². The molecule has 96 valence electrons. The SMILES string of the molecule is CCn1c(CN)nnc1C1C(C)OC(C)C1C. The molecule has 0 bridgehead atoms. The Morgan fingerprint density at radius 3 is 2.41 bits per heavy atom. The fraction of sp³-hybridized carbons (Fsp3) is 0.833. The quantitative estimate of drug-likeness (QED) is 0.861. The minimum absolute atomic E-state index is 0.195. The van der Waals surface area contributed by atoms with Crippen LogP contribution in [-0.4, -0.2) is 27.0 Å². The number of nitrogens with two attached hydrogens (primary N) is 1. The number of aromatic nitrogens is 3. The first-order chi connectivity index (χ1) is 8.10. The smallest absolute Gasteiger partial charge is 0.146 e. The molecule has 0 amide bonds. The molecule has 0 saturated carbocycles. The van der Waals surface area contributed by atoms with E-state index < -0.39 is 0 Å². The molecule has 2 heterocycles. The summed E-state index contributed by atoms with van der Waals surface area (Å²) >= 11 is 0. The van der Waals surface area contributed by atoms with Crippen LogP contribution in [0.3, 0.4) is 0 Å². The summed E-state index contributed by atoms with van der Waals surface area (Å²) in [4.78, 5) is 0. The fourth-order valence-corrected chi connectivity index (χ4v) is 2.80. The summed E-state index contributed by atoms with van der Waals surface area (Å²) in [6.45, 7) is 9.85. The second-order valence-electron chi connectivity index (χ2n) is 4.85. The molecule has 1 aliphatic rings. The third-order valence-electron chi connectivity index (χ3n) is 3.89. The zero-order valence-electron chi connectivity index (χ0n) is 11.1. The predicted octanol–water partition coefficient (Wildman–Crippen LogP) is 1.28. The molecule has 1 aliphatic heterocycles. The molecule has 5 heteroatoms. The van der Waals surface area contributed by atoms with Gasteiger partial charge < -0.3 is 15.0 Å². The van der Waals surface area contributed by atoms with Gasteiger partial charge in [-0.3, -0.25) is 0 Å². The Hall–Kier alpha value is -0.940. The predicted molar refractivity (Wildman–Crippen MR) is 65.5 cm³/mol. The molecular weight excluding hydrogens is 216 g/mol. The van der Waals surface area contributed by atoms with Crippen molar-refractivity contribution >= 4 is 0 Å². The first-order valence-corrected chi connectivity index (χ1v) is 6.37. The number of hydrogen-bond donors (Lipinski definition) is 1. The Morgan fingerprint density at radius 1 is 1.24 bits per heavy atom. The van der Waals surface area contributed by atoms with Gasteiger partial charge in [0.15, 0.2) is 0 Å². The zero-order chi connectivity index (χ0) is 12.6. The number of hydrogen-bond acceptors (Lipinski definition) is 4. The Morgan fingerprint density at radius 2 is 1.94 bits per heavy atom. The molecule has 2 N–H and O–H groups in total. The van der Waals surface area contributed by atoms with Gasteiger partial charge in [0.25, 0.3) is 0 Å². The standard InChI is InChI=1S/C12H22N4O/c1-5-16-10(6-13)14-15-12(16)11-7(2)8(3)17-9(11)4/h7-9,11H,5-6,13H2,1-4H3. The summed E-state index contributed by atoms with van der Waals surface area (Å²) in [6, 6.07) is 0. The maximum atomic E-state index is 5.87. The second kappa shape index (κ2) is 4.74. The fourth-order valence-electron chi connectivity index (χ4n) is 2.80. The Kier molecular flexibility index (Phi) is 3.49. The van der Waals surface area contributed by atoms with Gasteiger partial charge in [0.2, 0.25) is 0 Å². The van der Waals surface area contributed by atoms with Gasteiger partial charge in [0, 0.05) is 6.54 Å². The highest BCUT2D eigenvalue weighted by atomic mass is 16.5. The summed E-state index contributed by atoms with van der Waals surface area (Å²) < 4.78 is 7.99. The van der Waals surface area contributed by atoms with E-state index in [1.54, 1.807) is 0 Å². The van der Waals surface area contributed by atoms with Crippen LogP contribution in [0.15, 0.2) is 0 Å². The van der Waals surface area contributed by atoms with Crippen LogP contribution in [0.4, 0.5) is 0 Å². The van der Waals surface area contributed by atoms with Crippen LogP contribution in [0.2, 0.25) is 0 Å². The molecule has 1 aromatic rings. The van der Waals surface area contributed by atoms with Gasteiger partial charge in [-0.05, 0) is 26.7 Å². The van der Waals surface area contributed by atoms with Gasteiger partial charge in [-0.25, -0.2) is 0 Å². The third kappa shape index (κ3) is 1.98. The maximum absolute atomic E-state index is 5.87. The van der Waals surface area contributed by atoms with Crippen molar-refractivity contribution in [1.82, 2.24) is 14.8 Å². The highest BCUT2D eigenvalue weighted by Crippen LogP contribution is 2.39. The Labute approximate surface area is 102 Å². The normalized spacial score (nSPS) is 33.2. The lowest BCUT2D eigenvalue weighted by Crippen LogP contribution is -2.21. The number of nitrogens with zero attached hydrogens (tertiary/aromatic N) is 3. The first kappa shape index (κ1) is 12.5. The van der Waals surface area contributed by atoms with Crippen LogP contribution in [0.25, 0.3) is 0 Å². The molecule has 1 fully saturated rings. The molecule has 4 unspecified atom stereocenters. The molecule has 5 nitrogen and oxygen atoms in total. The van der Waals surface area contributed by atoms with Crippen molar-refractivity contribution in [2.45, 2.75) is 58.9 Å². The molecule has 0 radical (unpaired) electrons. The van der Waals surface area contributed by atoms with Crippen LogP contribution >= 0.6 is 0 Å². The van der Waals surface area contributed by atoms with Crippen molar-refractivity contribution in [2.24, 2.45) is 11.7 Å². The van der Waals surface area contributed by atoms with Crippen LogP contribution in [0, 0.1) is 5.92 Å². The molecule has 1 aromatic heterocycles. The number of ether oxygens (including phenoxy) is 1. The van der Waals surface area contributed by atoms with Crippen LogP contribution in [0.1, 0.15) is 45.3 Å². The average Bonchev–Trinajstić information content (AvgIpc) is 2.81. The topological polar surface area (TPSA) is 66.0 Å². The monoisotopic (exact) mass is 238 g/mol. The van der Waals surface area contributed by atoms with Crippen LogP contribution in [-0.2, 0) is 17.8 Å². The van der Waals surface area contributed by atoms with Crippen molar-refractivity contribution in [3.8, 4) is 0 Å². The van der Waals surface area contributed by atoms with Gasteiger partial charge in [-0.2, -0.15) is 0 Å². The summed E-state index contributed by atoms with van der Waals surface area (Å²) in [5, 5.41) is 8.50. The summed E-state index contributed by atoms with van der Waals surface area (Å²) in [5.41, 5.74) is 5.68.